The van der Waals surface area contributed by atoms with E-state index in [1.54, 1.807) is 31.4 Å². The Hall–Kier alpha value is -2.67. The number of halogens is 1. The minimum atomic E-state index is -0.337. The van der Waals surface area contributed by atoms with Gasteiger partial charge in [0.1, 0.15) is 5.75 Å². The number of amides is 1. The van der Waals surface area contributed by atoms with E-state index in [-0.39, 0.29) is 23.2 Å². The summed E-state index contributed by atoms with van der Waals surface area (Å²) >= 11 is 3.45. The summed E-state index contributed by atoms with van der Waals surface area (Å²) in [6, 6.07) is 12.3. The molecular formula is C19H18BrN3O3. The fourth-order valence-electron chi connectivity index (χ4n) is 2.77. The van der Waals surface area contributed by atoms with Gasteiger partial charge in [-0.2, -0.15) is 5.10 Å². The summed E-state index contributed by atoms with van der Waals surface area (Å²) in [5.41, 5.74) is 0.909. The van der Waals surface area contributed by atoms with Gasteiger partial charge >= 0.3 is 0 Å². The first-order valence-electron chi connectivity index (χ1n) is 8.02. The molecule has 134 valence electrons. The van der Waals surface area contributed by atoms with Crippen LogP contribution in [0.15, 0.2) is 51.7 Å². The van der Waals surface area contributed by atoms with Crippen LogP contribution >= 0.6 is 15.9 Å². The molecule has 6 nitrogen and oxygen atoms in total. The van der Waals surface area contributed by atoms with Crippen molar-refractivity contribution in [3.63, 3.8) is 0 Å². The summed E-state index contributed by atoms with van der Waals surface area (Å²) in [5.74, 6) is 0.384. The van der Waals surface area contributed by atoms with Gasteiger partial charge in [-0.15, -0.1) is 0 Å². The molecule has 1 atom stereocenters. The van der Waals surface area contributed by atoms with Crippen molar-refractivity contribution in [2.45, 2.75) is 13.0 Å². The Morgan fingerprint density at radius 1 is 1.23 bits per heavy atom. The van der Waals surface area contributed by atoms with E-state index in [0.29, 0.717) is 10.8 Å². The number of rotatable bonds is 4. The first kappa shape index (κ1) is 18.1. The zero-order valence-electron chi connectivity index (χ0n) is 14.6. The van der Waals surface area contributed by atoms with Crippen LogP contribution in [0.2, 0.25) is 0 Å². The van der Waals surface area contributed by atoms with Crippen molar-refractivity contribution in [2.75, 3.05) is 7.11 Å². The van der Waals surface area contributed by atoms with Gasteiger partial charge in [0.15, 0.2) is 5.69 Å². The van der Waals surface area contributed by atoms with E-state index in [1.165, 1.54) is 11.7 Å². The summed E-state index contributed by atoms with van der Waals surface area (Å²) in [4.78, 5) is 25.0. The number of carbonyl (C=O) groups excluding carboxylic acids is 1. The number of ether oxygens (including phenoxy) is 1. The van der Waals surface area contributed by atoms with E-state index < -0.39 is 0 Å². The molecule has 0 fully saturated rings. The average Bonchev–Trinajstić information content (AvgIpc) is 2.64. The number of aromatic nitrogens is 2. The summed E-state index contributed by atoms with van der Waals surface area (Å²) in [6.45, 7) is 1.89. The molecule has 0 aliphatic carbocycles. The molecule has 1 amide bonds. The molecule has 0 saturated heterocycles. The van der Waals surface area contributed by atoms with Crippen LogP contribution in [0.25, 0.3) is 10.8 Å². The molecule has 3 rings (SSSR count). The van der Waals surface area contributed by atoms with Crippen LogP contribution < -0.4 is 15.6 Å². The Morgan fingerprint density at radius 3 is 2.58 bits per heavy atom. The fraction of sp³-hybridized carbons (Fsp3) is 0.211. The highest BCUT2D eigenvalue weighted by molar-refractivity contribution is 9.10. The van der Waals surface area contributed by atoms with Crippen molar-refractivity contribution in [1.29, 1.82) is 0 Å². The van der Waals surface area contributed by atoms with E-state index in [2.05, 4.69) is 26.3 Å². The van der Waals surface area contributed by atoms with Crippen LogP contribution in [0.4, 0.5) is 0 Å². The molecule has 0 radical (unpaired) electrons. The van der Waals surface area contributed by atoms with Gasteiger partial charge in [-0.05, 0) is 46.6 Å². The second-order valence-electron chi connectivity index (χ2n) is 5.91. The minimum Gasteiger partial charge on any atom is -0.496 e. The van der Waals surface area contributed by atoms with E-state index >= 15 is 0 Å². The normalized spacial score (nSPS) is 12.0. The molecule has 7 heteroatoms. The average molecular weight is 416 g/mol. The molecule has 0 saturated carbocycles. The van der Waals surface area contributed by atoms with Crippen LogP contribution in [0.5, 0.6) is 5.75 Å². The first-order valence-corrected chi connectivity index (χ1v) is 8.82. The summed E-state index contributed by atoms with van der Waals surface area (Å²) in [5, 5.41) is 8.10. The van der Waals surface area contributed by atoms with Crippen LogP contribution in [0.3, 0.4) is 0 Å². The summed E-state index contributed by atoms with van der Waals surface area (Å²) in [7, 11) is 3.14. The zero-order chi connectivity index (χ0) is 18.8. The Kier molecular flexibility index (Phi) is 5.08. The number of nitrogens with one attached hydrogen (secondary N) is 1. The maximum atomic E-state index is 12.8. The Labute approximate surface area is 158 Å². The Bertz CT molecular complexity index is 1050. The van der Waals surface area contributed by atoms with Gasteiger partial charge in [0.25, 0.3) is 11.5 Å². The van der Waals surface area contributed by atoms with Gasteiger partial charge < -0.3 is 10.1 Å². The number of hydrogen-bond donors (Lipinski definition) is 1. The number of aryl methyl sites for hydroxylation is 1. The smallest absolute Gasteiger partial charge is 0.274 e. The second kappa shape index (κ2) is 7.29. The van der Waals surface area contributed by atoms with Gasteiger partial charge in [-0.25, -0.2) is 4.68 Å². The van der Waals surface area contributed by atoms with Gasteiger partial charge in [-0.1, -0.05) is 24.3 Å². The highest BCUT2D eigenvalue weighted by Gasteiger charge is 2.18. The van der Waals surface area contributed by atoms with Crippen molar-refractivity contribution < 1.29 is 9.53 Å². The number of fused-ring (bicyclic) bond motifs is 1. The molecule has 26 heavy (non-hydrogen) atoms. The molecule has 2 aromatic carbocycles. The lowest BCUT2D eigenvalue weighted by atomic mass is 10.1. The predicted octanol–water partition coefficient (Wildman–Crippen LogP) is 3.20. The summed E-state index contributed by atoms with van der Waals surface area (Å²) < 4.78 is 7.22. The highest BCUT2D eigenvalue weighted by Crippen LogP contribution is 2.28. The Morgan fingerprint density at radius 2 is 1.92 bits per heavy atom. The monoisotopic (exact) mass is 415 g/mol. The zero-order valence-corrected chi connectivity index (χ0v) is 16.2. The van der Waals surface area contributed by atoms with Crippen LogP contribution in [0, 0.1) is 0 Å². The molecule has 1 aromatic heterocycles. The maximum Gasteiger partial charge on any atom is 0.274 e. The van der Waals surface area contributed by atoms with E-state index in [9.17, 15) is 9.59 Å². The third-order valence-corrected chi connectivity index (χ3v) is 4.81. The van der Waals surface area contributed by atoms with Gasteiger partial charge in [-0.3, -0.25) is 9.59 Å². The molecule has 0 bridgehead atoms. The topological polar surface area (TPSA) is 73.2 Å². The quantitative estimate of drug-likeness (QED) is 0.709. The lowest BCUT2D eigenvalue weighted by molar-refractivity contribution is 0.0934. The number of benzene rings is 2. The standard InChI is InChI=1S/C19H18BrN3O3/c1-11(12-8-9-16(26-3)15(20)10-12)21-18(24)17-13-6-4-5-7-14(13)19(25)23(2)22-17/h4-11H,1-3H3,(H,21,24)/t11-/m1/s1. The largest absolute Gasteiger partial charge is 0.496 e. The van der Waals surface area contributed by atoms with Crippen molar-refractivity contribution in [2.24, 2.45) is 7.05 Å². The van der Waals surface area contributed by atoms with Crippen LogP contribution in [-0.4, -0.2) is 22.8 Å². The minimum absolute atomic E-state index is 0.224. The molecule has 1 N–H and O–H groups in total. The van der Waals surface area contributed by atoms with E-state index in [4.69, 9.17) is 4.74 Å². The van der Waals surface area contributed by atoms with Crippen molar-refractivity contribution in [3.05, 3.63) is 68.5 Å². The molecule has 0 unspecified atom stereocenters. The van der Waals surface area contributed by atoms with Crippen molar-refractivity contribution in [1.82, 2.24) is 15.1 Å². The lowest BCUT2D eigenvalue weighted by Crippen LogP contribution is -2.31. The third kappa shape index (κ3) is 3.35. The van der Waals surface area contributed by atoms with Gasteiger partial charge in [0.2, 0.25) is 0 Å². The number of nitrogens with zero attached hydrogens (tertiary/aromatic N) is 2. The maximum absolute atomic E-state index is 12.8. The second-order valence-corrected chi connectivity index (χ2v) is 6.77. The first-order chi connectivity index (χ1) is 12.4. The van der Waals surface area contributed by atoms with Gasteiger partial charge in [0.05, 0.1) is 23.0 Å². The van der Waals surface area contributed by atoms with Crippen molar-refractivity contribution >= 4 is 32.6 Å². The fourth-order valence-corrected chi connectivity index (χ4v) is 3.33. The Balaban J connectivity index is 1.93. The highest BCUT2D eigenvalue weighted by atomic mass is 79.9. The molecular weight excluding hydrogens is 398 g/mol. The lowest BCUT2D eigenvalue weighted by Gasteiger charge is -2.16. The van der Waals surface area contributed by atoms with Crippen LogP contribution in [0.1, 0.15) is 29.0 Å². The summed E-state index contributed by atoms with van der Waals surface area (Å²) in [6.07, 6.45) is 0. The third-order valence-electron chi connectivity index (χ3n) is 4.20. The number of methoxy groups -OCH3 is 1. The number of carbonyl (C=O) groups is 1. The van der Waals surface area contributed by atoms with E-state index in [0.717, 1.165) is 15.8 Å². The molecule has 0 aliphatic rings. The molecule has 0 spiro atoms. The predicted molar refractivity (Wildman–Crippen MR) is 104 cm³/mol. The molecule has 3 aromatic rings. The van der Waals surface area contributed by atoms with Crippen LogP contribution in [-0.2, 0) is 7.05 Å². The van der Waals surface area contributed by atoms with Crippen molar-refractivity contribution in [3.8, 4) is 5.75 Å². The number of hydrogen-bond acceptors (Lipinski definition) is 4. The SMILES string of the molecule is COc1ccc([C@@H](C)NC(=O)c2nn(C)c(=O)c3ccccc23)cc1Br. The van der Waals surface area contributed by atoms with Gasteiger partial charge in [0, 0.05) is 12.4 Å². The van der Waals surface area contributed by atoms with E-state index in [1.807, 2.05) is 25.1 Å². The molecule has 0 aliphatic heterocycles. The molecule has 1 heterocycles.